The molecule has 0 saturated heterocycles. The summed E-state index contributed by atoms with van der Waals surface area (Å²) in [5, 5.41) is 0. The zero-order valence-corrected chi connectivity index (χ0v) is 11.1. The molecule has 1 aromatic rings. The Morgan fingerprint density at radius 1 is 1.35 bits per heavy atom. The summed E-state index contributed by atoms with van der Waals surface area (Å²) in [4.78, 5) is 12.0. The molecule has 1 rings (SSSR count). The van der Waals surface area contributed by atoms with Crippen LogP contribution in [0.2, 0.25) is 0 Å². The van der Waals surface area contributed by atoms with Crippen molar-refractivity contribution >= 4 is 5.78 Å². The second-order valence-electron chi connectivity index (χ2n) is 5.09. The van der Waals surface area contributed by atoms with Crippen molar-refractivity contribution in [1.82, 2.24) is 0 Å². The van der Waals surface area contributed by atoms with Gasteiger partial charge in [-0.25, -0.2) is 0 Å². The fourth-order valence-corrected chi connectivity index (χ4v) is 1.84. The number of hydrogen-bond donors (Lipinski definition) is 1. The van der Waals surface area contributed by atoms with E-state index in [1.54, 1.807) is 0 Å². The SMILES string of the molecule is CCC(N)CC(=O)c1cccc(CC(C)C)c1. The Balaban J connectivity index is 2.73. The van der Waals surface area contributed by atoms with Gasteiger partial charge in [0.05, 0.1) is 0 Å². The van der Waals surface area contributed by atoms with E-state index in [2.05, 4.69) is 19.9 Å². The molecule has 94 valence electrons. The Bertz CT molecular complexity index is 371. The Labute approximate surface area is 104 Å². The number of benzene rings is 1. The first-order chi connectivity index (χ1) is 8.02. The van der Waals surface area contributed by atoms with Crippen LogP contribution in [0.25, 0.3) is 0 Å². The lowest BCUT2D eigenvalue weighted by Crippen LogP contribution is -2.22. The standard InChI is InChI=1S/C15H23NO/c1-4-14(16)10-15(17)13-7-5-6-12(9-13)8-11(2)3/h5-7,9,11,14H,4,8,10,16H2,1-3H3. The maximum Gasteiger partial charge on any atom is 0.164 e. The number of carbonyl (C=O) groups excluding carboxylic acids is 1. The molecule has 0 aliphatic rings. The number of rotatable bonds is 6. The van der Waals surface area contributed by atoms with Gasteiger partial charge in [-0.3, -0.25) is 4.79 Å². The smallest absolute Gasteiger partial charge is 0.164 e. The number of Topliss-reactive ketones (excluding diaryl/α,β-unsaturated/α-hetero) is 1. The highest BCUT2D eigenvalue weighted by atomic mass is 16.1. The first-order valence-corrected chi connectivity index (χ1v) is 6.40. The van der Waals surface area contributed by atoms with Gasteiger partial charge in [-0.15, -0.1) is 0 Å². The molecule has 1 unspecified atom stereocenters. The average Bonchev–Trinajstić information content (AvgIpc) is 2.28. The molecule has 0 saturated carbocycles. The third kappa shape index (κ3) is 4.70. The van der Waals surface area contributed by atoms with Crippen LogP contribution in [-0.2, 0) is 6.42 Å². The first kappa shape index (κ1) is 13.9. The number of carbonyl (C=O) groups is 1. The summed E-state index contributed by atoms with van der Waals surface area (Å²) in [7, 11) is 0. The molecule has 17 heavy (non-hydrogen) atoms. The van der Waals surface area contributed by atoms with Crippen LogP contribution in [0.3, 0.4) is 0 Å². The van der Waals surface area contributed by atoms with E-state index in [0.717, 1.165) is 18.4 Å². The van der Waals surface area contributed by atoms with E-state index >= 15 is 0 Å². The highest BCUT2D eigenvalue weighted by molar-refractivity contribution is 5.96. The van der Waals surface area contributed by atoms with Gasteiger partial charge >= 0.3 is 0 Å². The predicted molar refractivity (Wildman–Crippen MR) is 72.2 cm³/mol. The van der Waals surface area contributed by atoms with Crippen LogP contribution in [0.4, 0.5) is 0 Å². The third-order valence-corrected chi connectivity index (χ3v) is 2.86. The minimum atomic E-state index is -0.0174. The van der Waals surface area contributed by atoms with Crippen LogP contribution in [0.5, 0.6) is 0 Å². The number of nitrogens with two attached hydrogens (primary N) is 1. The van der Waals surface area contributed by atoms with E-state index in [-0.39, 0.29) is 11.8 Å². The zero-order valence-electron chi connectivity index (χ0n) is 11.1. The van der Waals surface area contributed by atoms with Crippen LogP contribution in [0.1, 0.15) is 49.5 Å². The molecular weight excluding hydrogens is 210 g/mol. The van der Waals surface area contributed by atoms with Gasteiger partial charge in [-0.1, -0.05) is 39.0 Å². The van der Waals surface area contributed by atoms with E-state index in [9.17, 15) is 4.79 Å². The fourth-order valence-electron chi connectivity index (χ4n) is 1.84. The molecular formula is C15H23NO. The van der Waals surface area contributed by atoms with Gasteiger partial charge in [0.25, 0.3) is 0 Å². The molecule has 2 heteroatoms. The van der Waals surface area contributed by atoms with E-state index in [4.69, 9.17) is 5.73 Å². The van der Waals surface area contributed by atoms with E-state index in [1.807, 2.05) is 25.1 Å². The Kier molecular flexibility index (Phi) is 5.36. The van der Waals surface area contributed by atoms with E-state index in [0.29, 0.717) is 12.3 Å². The quantitative estimate of drug-likeness (QED) is 0.767. The molecule has 0 amide bonds. The molecule has 1 atom stereocenters. The highest BCUT2D eigenvalue weighted by Crippen LogP contribution is 2.13. The Hall–Kier alpha value is -1.15. The molecule has 0 spiro atoms. The largest absolute Gasteiger partial charge is 0.327 e. The highest BCUT2D eigenvalue weighted by Gasteiger charge is 2.10. The maximum atomic E-state index is 12.0. The lowest BCUT2D eigenvalue weighted by molar-refractivity contribution is 0.0974. The summed E-state index contributed by atoms with van der Waals surface area (Å²) in [6.45, 7) is 6.37. The number of hydrogen-bond acceptors (Lipinski definition) is 2. The monoisotopic (exact) mass is 233 g/mol. The molecule has 2 nitrogen and oxygen atoms in total. The molecule has 0 fully saturated rings. The van der Waals surface area contributed by atoms with Crippen molar-refractivity contribution in [1.29, 1.82) is 0 Å². The molecule has 0 heterocycles. The molecule has 0 aliphatic carbocycles. The molecule has 0 aromatic heterocycles. The summed E-state index contributed by atoms with van der Waals surface area (Å²) < 4.78 is 0. The maximum absolute atomic E-state index is 12.0. The van der Waals surface area contributed by atoms with Crippen molar-refractivity contribution < 1.29 is 4.79 Å². The van der Waals surface area contributed by atoms with Crippen molar-refractivity contribution in [3.05, 3.63) is 35.4 Å². The molecule has 0 bridgehead atoms. The number of ketones is 1. The second-order valence-corrected chi connectivity index (χ2v) is 5.09. The Morgan fingerprint density at radius 3 is 2.65 bits per heavy atom. The average molecular weight is 233 g/mol. The van der Waals surface area contributed by atoms with Gasteiger partial charge in [-0.05, 0) is 30.4 Å². The normalized spacial score (nSPS) is 12.8. The van der Waals surface area contributed by atoms with Gasteiger partial charge in [0, 0.05) is 18.0 Å². The second kappa shape index (κ2) is 6.55. The Morgan fingerprint density at radius 2 is 2.06 bits per heavy atom. The van der Waals surface area contributed by atoms with Crippen molar-refractivity contribution in [2.75, 3.05) is 0 Å². The molecule has 1 aromatic carbocycles. The van der Waals surface area contributed by atoms with Crippen molar-refractivity contribution in [3.63, 3.8) is 0 Å². The van der Waals surface area contributed by atoms with Crippen LogP contribution >= 0.6 is 0 Å². The molecule has 2 N–H and O–H groups in total. The minimum Gasteiger partial charge on any atom is -0.327 e. The minimum absolute atomic E-state index is 0.0174. The van der Waals surface area contributed by atoms with Gasteiger partial charge in [-0.2, -0.15) is 0 Å². The van der Waals surface area contributed by atoms with Crippen molar-refractivity contribution in [3.8, 4) is 0 Å². The van der Waals surface area contributed by atoms with Gasteiger partial charge in [0.15, 0.2) is 5.78 Å². The van der Waals surface area contributed by atoms with Crippen molar-refractivity contribution in [2.24, 2.45) is 11.7 Å². The predicted octanol–water partition coefficient (Wildman–Crippen LogP) is 3.20. The van der Waals surface area contributed by atoms with Gasteiger partial charge < -0.3 is 5.73 Å². The van der Waals surface area contributed by atoms with E-state index in [1.165, 1.54) is 5.56 Å². The van der Waals surface area contributed by atoms with Crippen LogP contribution in [0.15, 0.2) is 24.3 Å². The van der Waals surface area contributed by atoms with Gasteiger partial charge in [0.2, 0.25) is 0 Å². The topological polar surface area (TPSA) is 43.1 Å². The summed E-state index contributed by atoms with van der Waals surface area (Å²) in [6, 6.07) is 7.91. The summed E-state index contributed by atoms with van der Waals surface area (Å²) in [5.41, 5.74) is 7.84. The summed E-state index contributed by atoms with van der Waals surface area (Å²) in [6.07, 6.45) is 2.31. The van der Waals surface area contributed by atoms with Crippen LogP contribution < -0.4 is 5.73 Å². The molecule has 0 radical (unpaired) electrons. The summed E-state index contributed by atoms with van der Waals surface area (Å²) in [5.74, 6) is 0.767. The lowest BCUT2D eigenvalue weighted by Gasteiger charge is -2.09. The third-order valence-electron chi connectivity index (χ3n) is 2.86. The van der Waals surface area contributed by atoms with Crippen LogP contribution in [-0.4, -0.2) is 11.8 Å². The zero-order chi connectivity index (χ0) is 12.8. The van der Waals surface area contributed by atoms with E-state index < -0.39 is 0 Å². The molecule has 0 aliphatic heterocycles. The fraction of sp³-hybridized carbons (Fsp3) is 0.533. The van der Waals surface area contributed by atoms with Gasteiger partial charge in [0.1, 0.15) is 0 Å². The van der Waals surface area contributed by atoms with Crippen LogP contribution in [0, 0.1) is 5.92 Å². The summed E-state index contributed by atoms with van der Waals surface area (Å²) >= 11 is 0. The lowest BCUT2D eigenvalue weighted by atomic mass is 9.97. The first-order valence-electron chi connectivity index (χ1n) is 6.40. The van der Waals surface area contributed by atoms with Crippen molar-refractivity contribution in [2.45, 2.75) is 46.1 Å².